The van der Waals surface area contributed by atoms with E-state index in [0.717, 1.165) is 24.3 Å². The van der Waals surface area contributed by atoms with Crippen molar-refractivity contribution < 1.29 is 32.3 Å². The summed E-state index contributed by atoms with van der Waals surface area (Å²) in [6, 6.07) is 24.4. The molecule has 0 unspecified atom stereocenters. The van der Waals surface area contributed by atoms with Crippen molar-refractivity contribution in [3.8, 4) is 22.3 Å². The maximum atomic E-state index is 14.4. The minimum Gasteiger partial charge on any atom is -0.478 e. The molecule has 0 atom stereocenters. The lowest BCUT2D eigenvalue weighted by molar-refractivity contribution is 0.0696. The summed E-state index contributed by atoms with van der Waals surface area (Å²) in [5, 5.41) is 9.82. The molecule has 0 saturated heterocycles. The third-order valence-electron chi connectivity index (χ3n) is 6.22. The molecule has 0 spiro atoms. The van der Waals surface area contributed by atoms with Gasteiger partial charge in [-0.05, 0) is 65.7 Å². The van der Waals surface area contributed by atoms with Crippen molar-refractivity contribution >= 4 is 35.0 Å². The van der Waals surface area contributed by atoms with E-state index in [9.17, 15) is 27.2 Å². The van der Waals surface area contributed by atoms with Crippen molar-refractivity contribution in [3.05, 3.63) is 153 Å². The molecule has 5 rings (SSSR count). The van der Waals surface area contributed by atoms with Crippen LogP contribution in [0.15, 0.2) is 103 Å². The summed E-state index contributed by atoms with van der Waals surface area (Å²) in [5.41, 5.74) is 1.59. The Morgan fingerprint density at radius 2 is 1.00 bits per heavy atom. The molecule has 1 N–H and O–H groups in total. The summed E-state index contributed by atoms with van der Waals surface area (Å²) in [6.07, 6.45) is -0.474. The van der Waals surface area contributed by atoms with Crippen LogP contribution in [0.1, 0.15) is 26.3 Å². The first-order valence-corrected chi connectivity index (χ1v) is 13.1. The SMILES string of the molecule is O=C(Cc1c(F)cccc1F)c1ccc(-c2ccc(Cl)cc2)c(F)c1.O=C(O)c1ccc(-c2ccc(Cl)cc2)c(F)c1. The van der Waals surface area contributed by atoms with E-state index < -0.39 is 41.4 Å². The molecular weight excluding hydrogens is 591 g/mol. The Balaban J connectivity index is 0.000000208. The Kier molecular flexibility index (Phi) is 9.78. The molecule has 0 aliphatic carbocycles. The predicted octanol–water partition coefficient (Wildman–Crippen LogP) is 9.69. The van der Waals surface area contributed by atoms with Gasteiger partial charge in [0.15, 0.2) is 5.78 Å². The van der Waals surface area contributed by atoms with Gasteiger partial charge in [-0.25, -0.2) is 22.4 Å². The largest absolute Gasteiger partial charge is 0.478 e. The van der Waals surface area contributed by atoms with Crippen molar-refractivity contribution in [2.75, 3.05) is 0 Å². The standard InChI is InChI=1S/C20H12ClF3O.C13H8ClFO2/c21-14-7-4-12(5-8-14)15-9-6-13(10-19(15)24)20(25)11-16-17(22)2-1-3-18(16)23;14-10-4-1-8(2-5-10)11-6-3-9(13(16)17)7-12(11)15/h1-10H,11H2;1-7H,(H,16,17). The molecule has 0 heterocycles. The van der Waals surface area contributed by atoms with Gasteiger partial charge in [0.25, 0.3) is 0 Å². The number of hydrogen-bond donors (Lipinski definition) is 1. The molecular formula is C33H20Cl2F4O3. The molecule has 9 heteroatoms. The Morgan fingerprint density at radius 3 is 1.43 bits per heavy atom. The minimum absolute atomic E-state index is 0.0536. The molecule has 0 fully saturated rings. The zero-order valence-electron chi connectivity index (χ0n) is 21.6. The van der Waals surface area contributed by atoms with Gasteiger partial charge in [-0.1, -0.05) is 71.7 Å². The first-order chi connectivity index (χ1) is 20.0. The number of ketones is 1. The molecule has 0 aliphatic rings. The van der Waals surface area contributed by atoms with Gasteiger partial charge in [-0.2, -0.15) is 0 Å². The maximum Gasteiger partial charge on any atom is 0.335 e. The van der Waals surface area contributed by atoms with E-state index in [2.05, 4.69) is 0 Å². The molecule has 42 heavy (non-hydrogen) atoms. The van der Waals surface area contributed by atoms with Crippen LogP contribution in [-0.2, 0) is 6.42 Å². The highest BCUT2D eigenvalue weighted by atomic mass is 35.5. The zero-order valence-corrected chi connectivity index (χ0v) is 23.1. The number of carboxylic acids is 1. The first-order valence-electron chi connectivity index (χ1n) is 12.3. The van der Waals surface area contributed by atoms with E-state index in [1.165, 1.54) is 30.3 Å². The maximum absolute atomic E-state index is 14.4. The topological polar surface area (TPSA) is 54.4 Å². The third-order valence-corrected chi connectivity index (χ3v) is 6.72. The number of Topliss-reactive ketones (excluding diaryl/α,β-unsaturated/α-hetero) is 1. The Hall–Kier alpha value is -4.46. The number of benzene rings is 5. The van der Waals surface area contributed by atoms with E-state index in [1.807, 2.05) is 0 Å². The highest BCUT2D eigenvalue weighted by Crippen LogP contribution is 2.27. The normalized spacial score (nSPS) is 10.5. The van der Waals surface area contributed by atoms with E-state index in [-0.39, 0.29) is 16.7 Å². The van der Waals surface area contributed by atoms with Gasteiger partial charge in [0.2, 0.25) is 0 Å². The zero-order chi connectivity index (χ0) is 30.4. The van der Waals surface area contributed by atoms with E-state index >= 15 is 0 Å². The van der Waals surface area contributed by atoms with Gasteiger partial charge in [-0.3, -0.25) is 4.79 Å². The van der Waals surface area contributed by atoms with Crippen molar-refractivity contribution in [3.63, 3.8) is 0 Å². The van der Waals surface area contributed by atoms with E-state index in [4.69, 9.17) is 28.3 Å². The van der Waals surface area contributed by atoms with Crippen LogP contribution in [0.5, 0.6) is 0 Å². The third kappa shape index (κ3) is 7.43. The fourth-order valence-corrected chi connectivity index (χ4v) is 4.28. The predicted molar refractivity (Wildman–Crippen MR) is 155 cm³/mol. The highest BCUT2D eigenvalue weighted by molar-refractivity contribution is 6.30. The Labute approximate surface area is 248 Å². The van der Waals surface area contributed by atoms with E-state index in [1.54, 1.807) is 48.5 Å². The van der Waals surface area contributed by atoms with Crippen LogP contribution in [0.2, 0.25) is 10.0 Å². The molecule has 0 amide bonds. The van der Waals surface area contributed by atoms with Gasteiger partial charge in [0.1, 0.15) is 23.3 Å². The second-order valence-electron chi connectivity index (χ2n) is 9.01. The number of halogens is 6. The summed E-state index contributed by atoms with van der Waals surface area (Å²) in [7, 11) is 0. The lowest BCUT2D eigenvalue weighted by Crippen LogP contribution is -2.08. The minimum atomic E-state index is -1.15. The van der Waals surface area contributed by atoms with Crippen molar-refractivity contribution in [1.29, 1.82) is 0 Å². The lowest BCUT2D eigenvalue weighted by atomic mass is 9.98. The summed E-state index contributed by atoms with van der Waals surface area (Å²) >= 11 is 11.5. The fourth-order valence-electron chi connectivity index (χ4n) is 4.03. The van der Waals surface area contributed by atoms with Gasteiger partial charge in [-0.15, -0.1) is 0 Å². The molecule has 212 valence electrons. The summed E-state index contributed by atoms with van der Waals surface area (Å²) in [4.78, 5) is 22.9. The van der Waals surface area contributed by atoms with Crippen LogP contribution in [0.4, 0.5) is 17.6 Å². The van der Waals surface area contributed by atoms with Gasteiger partial charge in [0, 0.05) is 38.7 Å². The molecule has 5 aromatic rings. The van der Waals surface area contributed by atoms with Crippen LogP contribution in [0.3, 0.4) is 0 Å². The van der Waals surface area contributed by atoms with Crippen LogP contribution in [0, 0.1) is 23.3 Å². The molecule has 0 aromatic heterocycles. The average molecular weight is 611 g/mol. The number of rotatable bonds is 6. The molecule has 5 aromatic carbocycles. The first kappa shape index (κ1) is 30.5. The number of aromatic carboxylic acids is 1. The number of carboxylic acid groups (broad SMARTS) is 1. The van der Waals surface area contributed by atoms with Crippen molar-refractivity contribution in [2.24, 2.45) is 0 Å². The van der Waals surface area contributed by atoms with Gasteiger partial charge in [0.05, 0.1) is 5.56 Å². The quantitative estimate of drug-likeness (QED) is 0.154. The second-order valence-corrected chi connectivity index (χ2v) is 9.88. The van der Waals surface area contributed by atoms with Crippen LogP contribution >= 0.6 is 23.2 Å². The Bertz CT molecular complexity index is 1740. The van der Waals surface area contributed by atoms with Crippen molar-refractivity contribution in [2.45, 2.75) is 6.42 Å². The molecule has 0 aliphatic heterocycles. The summed E-state index contributed by atoms with van der Waals surface area (Å²) in [6.45, 7) is 0. The van der Waals surface area contributed by atoms with Gasteiger partial charge < -0.3 is 5.11 Å². The molecule has 0 radical (unpaired) electrons. The van der Waals surface area contributed by atoms with Crippen molar-refractivity contribution in [1.82, 2.24) is 0 Å². The van der Waals surface area contributed by atoms with Gasteiger partial charge >= 0.3 is 5.97 Å². The highest BCUT2D eigenvalue weighted by Gasteiger charge is 2.16. The number of carbonyl (C=O) groups excluding carboxylic acids is 1. The molecule has 0 bridgehead atoms. The lowest BCUT2D eigenvalue weighted by Gasteiger charge is -2.08. The summed E-state index contributed by atoms with van der Waals surface area (Å²) in [5.74, 6) is -4.47. The molecule has 3 nitrogen and oxygen atoms in total. The second kappa shape index (κ2) is 13.5. The average Bonchev–Trinajstić information content (AvgIpc) is 2.96. The Morgan fingerprint density at radius 1 is 0.571 bits per heavy atom. The smallest absolute Gasteiger partial charge is 0.335 e. The van der Waals surface area contributed by atoms with Crippen LogP contribution in [-0.4, -0.2) is 16.9 Å². The number of hydrogen-bond acceptors (Lipinski definition) is 2. The van der Waals surface area contributed by atoms with Crippen LogP contribution in [0.25, 0.3) is 22.3 Å². The van der Waals surface area contributed by atoms with E-state index in [0.29, 0.717) is 32.3 Å². The summed E-state index contributed by atoms with van der Waals surface area (Å²) < 4.78 is 55.4. The monoisotopic (exact) mass is 610 g/mol. The number of carbonyl (C=O) groups is 2. The fraction of sp³-hybridized carbons (Fsp3) is 0.0303. The molecule has 0 saturated carbocycles. The van der Waals surface area contributed by atoms with Crippen LogP contribution < -0.4 is 0 Å².